The molecular formula is C21H12F6N4O5S2. The van der Waals surface area contributed by atoms with Crippen molar-refractivity contribution in [2.75, 3.05) is 5.32 Å². The predicted molar refractivity (Wildman–Crippen MR) is 122 cm³/mol. The molecule has 0 aliphatic carbocycles. The van der Waals surface area contributed by atoms with Crippen molar-refractivity contribution in [3.05, 3.63) is 54.4 Å². The fourth-order valence-electron chi connectivity index (χ4n) is 3.01. The van der Waals surface area contributed by atoms with E-state index in [0.29, 0.717) is 22.3 Å². The number of benzene rings is 2. The van der Waals surface area contributed by atoms with Gasteiger partial charge in [-0.25, -0.2) is 15.0 Å². The Hall–Kier alpha value is -3.99. The Morgan fingerprint density at radius 2 is 1.74 bits per heavy atom. The predicted octanol–water partition coefficient (Wildman–Crippen LogP) is 5.75. The third-order valence-corrected chi connectivity index (χ3v) is 6.49. The maximum Gasteiger partial charge on any atom is 0.534 e. The molecule has 2 heterocycles. The monoisotopic (exact) mass is 578 g/mol. The van der Waals surface area contributed by atoms with Gasteiger partial charge in [-0.05, 0) is 30.3 Å². The number of amides is 1. The number of nitrogens with zero attached hydrogens (tertiary/aromatic N) is 3. The molecule has 0 saturated heterocycles. The molecule has 0 atom stereocenters. The fraction of sp³-hybridized carbons (Fsp3) is 0.143. The summed E-state index contributed by atoms with van der Waals surface area (Å²) in [4.78, 5) is 23.3. The number of hydrogen-bond donors (Lipinski definition) is 1. The molecule has 9 nitrogen and oxygen atoms in total. The highest BCUT2D eigenvalue weighted by molar-refractivity contribution is 7.88. The maximum atomic E-state index is 13.2. The lowest BCUT2D eigenvalue weighted by atomic mass is 10.1. The van der Waals surface area contributed by atoms with E-state index in [4.69, 9.17) is 4.74 Å². The first-order chi connectivity index (χ1) is 17.6. The summed E-state index contributed by atoms with van der Waals surface area (Å²) < 4.78 is 112. The molecule has 4 rings (SSSR count). The van der Waals surface area contributed by atoms with Gasteiger partial charge in [0.2, 0.25) is 11.8 Å². The third-order valence-electron chi connectivity index (χ3n) is 4.59. The number of anilines is 1. The van der Waals surface area contributed by atoms with Crippen LogP contribution in [0.4, 0.5) is 31.5 Å². The lowest BCUT2D eigenvalue weighted by Gasteiger charge is -2.15. The number of alkyl halides is 6. The number of halogens is 6. The van der Waals surface area contributed by atoms with E-state index in [9.17, 15) is 39.6 Å². The van der Waals surface area contributed by atoms with Crippen molar-refractivity contribution >= 4 is 42.7 Å². The van der Waals surface area contributed by atoms with Crippen molar-refractivity contribution in [3.8, 4) is 28.6 Å². The molecule has 0 bridgehead atoms. The minimum Gasteiger partial charge on any atom is -0.437 e. The Morgan fingerprint density at radius 1 is 1.00 bits per heavy atom. The number of hydrogen-bond acceptors (Lipinski definition) is 9. The van der Waals surface area contributed by atoms with Gasteiger partial charge in [0.05, 0.1) is 16.0 Å². The van der Waals surface area contributed by atoms with Crippen molar-refractivity contribution in [2.24, 2.45) is 0 Å². The highest BCUT2D eigenvalue weighted by Crippen LogP contribution is 2.40. The Balaban J connectivity index is 1.74. The quantitative estimate of drug-likeness (QED) is 0.174. The normalized spacial score (nSPS) is 12.4. The van der Waals surface area contributed by atoms with Gasteiger partial charge in [0, 0.05) is 18.6 Å². The molecule has 38 heavy (non-hydrogen) atoms. The van der Waals surface area contributed by atoms with Gasteiger partial charge in [0.15, 0.2) is 16.6 Å². The van der Waals surface area contributed by atoms with Crippen LogP contribution in [0.5, 0.6) is 17.4 Å². The van der Waals surface area contributed by atoms with Crippen molar-refractivity contribution in [3.63, 3.8) is 0 Å². The molecule has 2 aromatic heterocycles. The number of carbonyl (C=O) groups excluding carboxylic acids is 1. The number of rotatable bonds is 6. The zero-order valence-corrected chi connectivity index (χ0v) is 20.2. The van der Waals surface area contributed by atoms with E-state index in [1.807, 2.05) is 0 Å². The van der Waals surface area contributed by atoms with Gasteiger partial charge in [-0.2, -0.15) is 34.8 Å². The molecule has 0 spiro atoms. The summed E-state index contributed by atoms with van der Waals surface area (Å²) in [5, 5.41) is 2.81. The minimum atomic E-state index is -6.31. The number of ether oxygens (including phenoxy) is 1. The molecular weight excluding hydrogens is 566 g/mol. The smallest absolute Gasteiger partial charge is 0.437 e. The SMILES string of the molecule is CC(=O)Nc1nc2c(Oc3cc(-c4ccc(C(F)(F)F)cc4OS(=O)(=O)C(F)(F)F)ncn3)cccc2s1. The van der Waals surface area contributed by atoms with E-state index in [2.05, 4.69) is 24.5 Å². The van der Waals surface area contributed by atoms with Crippen LogP contribution in [0.3, 0.4) is 0 Å². The van der Waals surface area contributed by atoms with E-state index < -0.39 is 38.7 Å². The summed E-state index contributed by atoms with van der Waals surface area (Å²) in [6, 6.07) is 7.20. The number of thiazole rings is 1. The molecule has 2 aromatic carbocycles. The Bertz CT molecular complexity index is 1640. The van der Waals surface area contributed by atoms with Crippen molar-refractivity contribution in [2.45, 2.75) is 18.6 Å². The highest BCUT2D eigenvalue weighted by Gasteiger charge is 2.49. The van der Waals surface area contributed by atoms with E-state index in [1.54, 1.807) is 12.1 Å². The zero-order valence-electron chi connectivity index (χ0n) is 18.6. The van der Waals surface area contributed by atoms with Gasteiger partial charge in [-0.3, -0.25) is 4.79 Å². The average Bonchev–Trinajstić information content (AvgIpc) is 3.20. The largest absolute Gasteiger partial charge is 0.534 e. The second kappa shape index (κ2) is 9.71. The summed E-state index contributed by atoms with van der Waals surface area (Å²) in [6.07, 6.45) is -4.12. The van der Waals surface area contributed by atoms with Crippen LogP contribution >= 0.6 is 11.3 Å². The zero-order chi connectivity index (χ0) is 27.9. The van der Waals surface area contributed by atoms with E-state index in [1.165, 1.54) is 13.0 Å². The number of para-hydroxylation sites is 1. The number of nitrogens with one attached hydrogen (secondary N) is 1. The molecule has 0 aliphatic rings. The van der Waals surface area contributed by atoms with Crippen LogP contribution in [-0.2, 0) is 21.1 Å². The van der Waals surface area contributed by atoms with E-state index in [-0.39, 0.29) is 34.4 Å². The minimum absolute atomic E-state index is 0.112. The van der Waals surface area contributed by atoms with Crippen LogP contribution < -0.4 is 14.2 Å². The van der Waals surface area contributed by atoms with E-state index in [0.717, 1.165) is 23.7 Å². The van der Waals surface area contributed by atoms with Gasteiger partial charge in [0.25, 0.3) is 0 Å². The summed E-state index contributed by atoms with van der Waals surface area (Å²) in [5.74, 6) is -1.66. The second-order valence-electron chi connectivity index (χ2n) is 7.34. The van der Waals surface area contributed by atoms with Crippen LogP contribution in [0.25, 0.3) is 21.5 Å². The fourth-order valence-corrected chi connectivity index (χ4v) is 4.41. The van der Waals surface area contributed by atoms with Crippen molar-refractivity contribution in [1.82, 2.24) is 15.0 Å². The van der Waals surface area contributed by atoms with E-state index >= 15 is 0 Å². The van der Waals surface area contributed by atoms with Crippen LogP contribution in [0.15, 0.2) is 48.8 Å². The number of carbonyl (C=O) groups is 1. The van der Waals surface area contributed by atoms with Crippen LogP contribution in [0.1, 0.15) is 12.5 Å². The summed E-state index contributed by atoms with van der Waals surface area (Å²) in [6.45, 7) is 1.30. The first kappa shape index (κ1) is 27.1. The van der Waals surface area contributed by atoms with Gasteiger partial charge < -0.3 is 14.2 Å². The maximum absolute atomic E-state index is 13.2. The lowest BCUT2D eigenvalue weighted by molar-refractivity contribution is -0.137. The van der Waals surface area contributed by atoms with Crippen molar-refractivity contribution < 1.29 is 48.5 Å². The molecule has 1 amide bonds. The Morgan fingerprint density at radius 3 is 2.39 bits per heavy atom. The summed E-state index contributed by atoms with van der Waals surface area (Å²) >= 11 is 1.15. The topological polar surface area (TPSA) is 120 Å². The molecule has 1 N–H and O–H groups in total. The molecule has 200 valence electrons. The van der Waals surface area contributed by atoms with Crippen LogP contribution in [-0.4, -0.2) is 34.8 Å². The highest BCUT2D eigenvalue weighted by atomic mass is 32.2. The summed E-state index contributed by atoms with van der Waals surface area (Å²) in [7, 11) is -6.31. The van der Waals surface area contributed by atoms with Crippen molar-refractivity contribution in [1.29, 1.82) is 0 Å². The standard InChI is InChI=1S/C21H12F6N4O5S2/c1-10(32)30-19-31-18-14(3-2-4-16(18)37-19)35-17-8-13(28-9-29-17)12-6-5-11(20(22,23)24)7-15(12)36-38(33,34)21(25,26)27/h2-9H,1H3,(H,30,31,32). The second-order valence-corrected chi connectivity index (χ2v) is 9.91. The molecule has 0 radical (unpaired) electrons. The first-order valence-corrected chi connectivity index (χ1v) is 12.3. The molecule has 0 fully saturated rings. The molecule has 0 saturated carbocycles. The molecule has 17 heteroatoms. The first-order valence-electron chi connectivity index (χ1n) is 10.0. The molecule has 4 aromatic rings. The lowest BCUT2D eigenvalue weighted by Crippen LogP contribution is -2.28. The number of fused-ring (bicyclic) bond motifs is 1. The van der Waals surface area contributed by atoms with Gasteiger partial charge >= 0.3 is 21.8 Å². The van der Waals surface area contributed by atoms with Gasteiger partial charge in [-0.1, -0.05) is 17.4 Å². The average molecular weight is 578 g/mol. The molecule has 0 aliphatic heterocycles. The number of aromatic nitrogens is 3. The van der Waals surface area contributed by atoms with Crippen LogP contribution in [0.2, 0.25) is 0 Å². The summed E-state index contributed by atoms with van der Waals surface area (Å²) in [5.41, 5.74) is -7.85. The molecule has 0 unspecified atom stereocenters. The van der Waals surface area contributed by atoms with Gasteiger partial charge in [0.1, 0.15) is 11.8 Å². The van der Waals surface area contributed by atoms with Gasteiger partial charge in [-0.15, -0.1) is 0 Å². The van der Waals surface area contributed by atoms with Crippen LogP contribution in [0, 0.1) is 0 Å². The third kappa shape index (κ3) is 5.77. The Labute approximate surface area is 213 Å². The Kier molecular flexibility index (Phi) is 6.92.